The fourth-order valence-electron chi connectivity index (χ4n) is 2.94. The molecule has 0 aliphatic carbocycles. The molecule has 0 aliphatic rings. The molecule has 6 heteroatoms. The number of rotatable bonds is 5. The van der Waals surface area contributed by atoms with Crippen molar-refractivity contribution in [3.8, 4) is 0 Å². The molecule has 1 aromatic heterocycles. The van der Waals surface area contributed by atoms with E-state index in [1.165, 1.54) is 23.1 Å². The van der Waals surface area contributed by atoms with E-state index in [-0.39, 0.29) is 4.90 Å². The number of aryl methyl sites for hydroxylation is 1. The summed E-state index contributed by atoms with van der Waals surface area (Å²) in [5.41, 5.74) is 3.47. The number of hydrogen-bond acceptors (Lipinski definition) is 2. The van der Waals surface area contributed by atoms with E-state index in [4.69, 9.17) is 11.6 Å². The van der Waals surface area contributed by atoms with Crippen molar-refractivity contribution >= 4 is 32.5 Å². The normalized spacial score (nSPS) is 12.0. The van der Waals surface area contributed by atoms with Crippen LogP contribution in [0, 0.1) is 6.92 Å². The van der Waals surface area contributed by atoms with Crippen molar-refractivity contribution < 1.29 is 8.42 Å². The number of aromatic nitrogens is 1. The molecule has 0 radical (unpaired) electrons. The summed E-state index contributed by atoms with van der Waals surface area (Å²) >= 11 is 5.87. The van der Waals surface area contributed by atoms with Crippen molar-refractivity contribution in [3.05, 3.63) is 64.8 Å². The third kappa shape index (κ3) is 3.20. The molecule has 0 aliphatic heterocycles. The highest BCUT2D eigenvalue weighted by Crippen LogP contribution is 2.25. The highest BCUT2D eigenvalue weighted by Gasteiger charge is 2.15. The Morgan fingerprint density at radius 3 is 2.62 bits per heavy atom. The average molecular weight is 363 g/mol. The van der Waals surface area contributed by atoms with Crippen molar-refractivity contribution in [2.75, 3.05) is 6.54 Å². The second-order valence-corrected chi connectivity index (χ2v) is 7.95. The van der Waals surface area contributed by atoms with E-state index < -0.39 is 10.0 Å². The van der Waals surface area contributed by atoms with Gasteiger partial charge < -0.3 is 4.57 Å². The topological polar surface area (TPSA) is 51.1 Å². The average Bonchev–Trinajstić information content (AvgIpc) is 2.80. The first-order valence-corrected chi connectivity index (χ1v) is 9.54. The zero-order valence-electron chi connectivity index (χ0n) is 13.6. The van der Waals surface area contributed by atoms with E-state index in [0.29, 0.717) is 18.0 Å². The number of sulfonamides is 1. The van der Waals surface area contributed by atoms with Gasteiger partial charge in [0.15, 0.2) is 0 Å². The van der Waals surface area contributed by atoms with Gasteiger partial charge in [0, 0.05) is 35.2 Å². The Labute approximate surface area is 147 Å². The van der Waals surface area contributed by atoms with Crippen LogP contribution < -0.4 is 4.72 Å². The molecule has 0 saturated heterocycles. The summed E-state index contributed by atoms with van der Waals surface area (Å²) in [5.74, 6) is 0. The first-order chi connectivity index (χ1) is 11.4. The van der Waals surface area contributed by atoms with Gasteiger partial charge in [-0.3, -0.25) is 0 Å². The van der Waals surface area contributed by atoms with Crippen molar-refractivity contribution in [2.45, 2.75) is 18.2 Å². The van der Waals surface area contributed by atoms with Crippen LogP contribution in [0.5, 0.6) is 0 Å². The van der Waals surface area contributed by atoms with Crippen LogP contribution in [0.3, 0.4) is 0 Å². The number of para-hydroxylation sites is 1. The van der Waals surface area contributed by atoms with E-state index >= 15 is 0 Å². The Hall–Kier alpha value is -1.82. The Balaban J connectivity index is 1.79. The number of halogens is 1. The molecule has 0 atom stereocenters. The van der Waals surface area contributed by atoms with Crippen LogP contribution in [0.15, 0.2) is 53.4 Å². The lowest BCUT2D eigenvalue weighted by Crippen LogP contribution is -2.26. The highest BCUT2D eigenvalue weighted by molar-refractivity contribution is 7.89. The molecule has 0 unspecified atom stereocenters. The molecule has 1 heterocycles. The van der Waals surface area contributed by atoms with Gasteiger partial charge in [0.1, 0.15) is 0 Å². The van der Waals surface area contributed by atoms with Gasteiger partial charge >= 0.3 is 0 Å². The van der Waals surface area contributed by atoms with E-state index in [9.17, 15) is 8.42 Å². The zero-order valence-corrected chi connectivity index (χ0v) is 15.2. The van der Waals surface area contributed by atoms with Crippen molar-refractivity contribution in [1.29, 1.82) is 0 Å². The number of nitrogens with one attached hydrogen (secondary N) is 1. The van der Waals surface area contributed by atoms with Crippen LogP contribution in [-0.2, 0) is 23.5 Å². The number of hydrogen-bond donors (Lipinski definition) is 1. The lowest BCUT2D eigenvalue weighted by Gasteiger charge is -2.08. The van der Waals surface area contributed by atoms with E-state index in [1.807, 2.05) is 19.2 Å². The van der Waals surface area contributed by atoms with Crippen molar-refractivity contribution in [2.24, 2.45) is 7.05 Å². The van der Waals surface area contributed by atoms with E-state index in [2.05, 4.69) is 28.3 Å². The van der Waals surface area contributed by atoms with Gasteiger partial charge in [-0.05, 0) is 43.2 Å². The zero-order chi connectivity index (χ0) is 17.3. The van der Waals surface area contributed by atoms with E-state index in [1.54, 1.807) is 12.1 Å². The number of fused-ring (bicyclic) bond motifs is 1. The molecule has 3 aromatic rings. The van der Waals surface area contributed by atoms with Crippen LogP contribution in [0.25, 0.3) is 10.9 Å². The molecule has 2 aromatic carbocycles. The molecule has 1 N–H and O–H groups in total. The summed E-state index contributed by atoms with van der Waals surface area (Å²) in [6.07, 6.45) is 0.632. The molecule has 0 spiro atoms. The van der Waals surface area contributed by atoms with E-state index in [0.717, 1.165) is 11.2 Å². The van der Waals surface area contributed by atoms with Gasteiger partial charge in [0.2, 0.25) is 10.0 Å². The Bertz CT molecular complexity index is 993. The summed E-state index contributed by atoms with van der Waals surface area (Å²) < 4.78 is 29.5. The van der Waals surface area contributed by atoms with Crippen LogP contribution >= 0.6 is 11.6 Å². The number of nitrogens with zero attached hydrogens (tertiary/aromatic N) is 1. The fraction of sp³-hybridized carbons (Fsp3) is 0.222. The smallest absolute Gasteiger partial charge is 0.240 e. The monoisotopic (exact) mass is 362 g/mol. The third-order valence-corrected chi connectivity index (χ3v) is 6.00. The maximum atomic E-state index is 12.4. The van der Waals surface area contributed by atoms with Crippen molar-refractivity contribution in [1.82, 2.24) is 9.29 Å². The molecule has 0 saturated carbocycles. The molecule has 0 bridgehead atoms. The summed E-state index contributed by atoms with van der Waals surface area (Å²) in [6, 6.07) is 14.4. The second-order valence-electron chi connectivity index (χ2n) is 5.75. The van der Waals surface area contributed by atoms with Gasteiger partial charge in [-0.1, -0.05) is 35.9 Å². The minimum Gasteiger partial charge on any atom is -0.348 e. The SMILES string of the molecule is Cc1c(CCNS(=O)(=O)c2cccc(Cl)c2)c2ccccc2n1C. The second kappa shape index (κ2) is 6.59. The molecule has 0 fully saturated rings. The highest BCUT2D eigenvalue weighted by atomic mass is 35.5. The lowest BCUT2D eigenvalue weighted by atomic mass is 10.1. The molecule has 126 valence electrons. The van der Waals surface area contributed by atoms with Crippen LogP contribution in [0.2, 0.25) is 5.02 Å². The van der Waals surface area contributed by atoms with Gasteiger partial charge in [-0.15, -0.1) is 0 Å². The Kier molecular flexibility index (Phi) is 4.67. The summed E-state index contributed by atoms with van der Waals surface area (Å²) in [7, 11) is -1.53. The fourth-order valence-corrected chi connectivity index (χ4v) is 4.28. The molecule has 3 rings (SSSR count). The Morgan fingerprint density at radius 2 is 1.88 bits per heavy atom. The first kappa shape index (κ1) is 17.0. The maximum absolute atomic E-state index is 12.4. The Morgan fingerprint density at radius 1 is 1.12 bits per heavy atom. The molecule has 24 heavy (non-hydrogen) atoms. The van der Waals surface area contributed by atoms with Gasteiger partial charge in [0.05, 0.1) is 4.90 Å². The lowest BCUT2D eigenvalue weighted by molar-refractivity contribution is 0.581. The molecule has 4 nitrogen and oxygen atoms in total. The summed E-state index contributed by atoms with van der Waals surface area (Å²) in [4.78, 5) is 0.185. The summed E-state index contributed by atoms with van der Waals surface area (Å²) in [5, 5.41) is 1.57. The molecule has 0 amide bonds. The first-order valence-electron chi connectivity index (χ1n) is 7.68. The quantitative estimate of drug-likeness (QED) is 0.753. The minimum atomic E-state index is -3.55. The van der Waals surface area contributed by atoms with Gasteiger partial charge in [-0.2, -0.15) is 0 Å². The molecular formula is C18H19ClN2O2S. The van der Waals surface area contributed by atoms with Gasteiger partial charge in [-0.25, -0.2) is 13.1 Å². The predicted molar refractivity (Wildman–Crippen MR) is 98.0 cm³/mol. The minimum absolute atomic E-state index is 0.185. The standard InChI is InChI=1S/C18H19ClN2O2S/c1-13-16(17-8-3-4-9-18(17)21(13)2)10-11-20-24(22,23)15-7-5-6-14(19)12-15/h3-9,12,20H,10-11H2,1-2H3. The largest absolute Gasteiger partial charge is 0.348 e. The van der Waals surface area contributed by atoms with Crippen molar-refractivity contribution in [3.63, 3.8) is 0 Å². The van der Waals surface area contributed by atoms with Crippen LogP contribution in [0.1, 0.15) is 11.3 Å². The van der Waals surface area contributed by atoms with Crippen LogP contribution in [-0.4, -0.2) is 19.5 Å². The van der Waals surface area contributed by atoms with Gasteiger partial charge in [0.25, 0.3) is 0 Å². The number of benzene rings is 2. The third-order valence-electron chi connectivity index (χ3n) is 4.30. The summed E-state index contributed by atoms with van der Waals surface area (Å²) in [6.45, 7) is 2.39. The maximum Gasteiger partial charge on any atom is 0.240 e. The molecular weight excluding hydrogens is 344 g/mol. The predicted octanol–water partition coefficient (Wildman–Crippen LogP) is 3.66. The van der Waals surface area contributed by atoms with Crippen LogP contribution in [0.4, 0.5) is 0 Å².